The molecule has 1 aromatic carbocycles. The third-order valence-corrected chi connectivity index (χ3v) is 6.95. The molecule has 3 aromatic heterocycles. The van der Waals surface area contributed by atoms with Gasteiger partial charge in [0.1, 0.15) is 11.5 Å². The molecule has 10 heteroatoms. The monoisotopic (exact) mass is 559 g/mol. The Morgan fingerprint density at radius 2 is 1.87 bits per heavy atom. The van der Waals surface area contributed by atoms with Crippen LogP contribution in [0.3, 0.4) is 0 Å². The Balaban J connectivity index is 1.44. The van der Waals surface area contributed by atoms with E-state index >= 15 is 0 Å². The third kappa shape index (κ3) is 5.97. The fourth-order valence-corrected chi connectivity index (χ4v) is 4.98. The predicted molar refractivity (Wildman–Crippen MR) is 148 cm³/mol. The van der Waals surface area contributed by atoms with Crippen molar-refractivity contribution in [1.82, 2.24) is 19.9 Å². The number of nitrogens with zero attached hydrogens (tertiary/aromatic N) is 4. The molecule has 0 saturated carbocycles. The van der Waals surface area contributed by atoms with Gasteiger partial charge in [0.15, 0.2) is 5.78 Å². The van der Waals surface area contributed by atoms with Crippen LogP contribution < -0.4 is 5.32 Å². The third-order valence-electron chi connectivity index (χ3n) is 6.43. The number of halogens is 2. The average Bonchev–Trinajstić information content (AvgIpc) is 2.99. The summed E-state index contributed by atoms with van der Waals surface area (Å²) in [6.07, 6.45) is 4.92. The summed E-state index contributed by atoms with van der Waals surface area (Å²) in [5.41, 5.74) is 3.21. The maximum Gasteiger partial charge on any atom is 0.273 e. The molecule has 1 N–H and O–H groups in total. The number of anilines is 1. The van der Waals surface area contributed by atoms with Crippen molar-refractivity contribution in [3.63, 3.8) is 0 Å². The number of pyridine rings is 3. The van der Waals surface area contributed by atoms with E-state index in [1.807, 2.05) is 25.1 Å². The van der Waals surface area contributed by atoms with Gasteiger partial charge in [0.05, 0.1) is 21.7 Å². The van der Waals surface area contributed by atoms with E-state index in [2.05, 4.69) is 20.3 Å². The largest absolute Gasteiger partial charge is 0.323 e. The summed E-state index contributed by atoms with van der Waals surface area (Å²) in [7, 11) is 0. The van der Waals surface area contributed by atoms with Crippen LogP contribution in [-0.2, 0) is 24.2 Å². The molecule has 1 aliphatic heterocycles. The van der Waals surface area contributed by atoms with Crippen molar-refractivity contribution in [2.24, 2.45) is 0 Å². The first-order valence-corrected chi connectivity index (χ1v) is 12.9. The molecular weight excluding hydrogens is 537 g/mol. The van der Waals surface area contributed by atoms with Crippen molar-refractivity contribution in [3.05, 3.63) is 117 Å². The molecule has 0 bridgehead atoms. The molecule has 0 radical (unpaired) electrons. The molecule has 0 saturated heterocycles. The Morgan fingerprint density at radius 3 is 2.62 bits per heavy atom. The Morgan fingerprint density at radius 1 is 1.03 bits per heavy atom. The maximum absolute atomic E-state index is 13.7. The molecule has 5 rings (SSSR count). The zero-order chi connectivity index (χ0) is 27.5. The summed E-state index contributed by atoms with van der Waals surface area (Å²) in [5, 5.41) is 3.30. The van der Waals surface area contributed by atoms with Gasteiger partial charge in [0.25, 0.3) is 11.8 Å². The number of benzene rings is 1. The van der Waals surface area contributed by atoms with E-state index in [1.54, 1.807) is 48.8 Å². The van der Waals surface area contributed by atoms with Crippen LogP contribution in [0.5, 0.6) is 0 Å². The molecule has 0 unspecified atom stereocenters. The lowest BCUT2D eigenvalue weighted by Gasteiger charge is -2.29. The number of aromatic nitrogens is 3. The van der Waals surface area contributed by atoms with Crippen LogP contribution in [0.4, 0.5) is 5.82 Å². The number of aryl methyl sites for hydroxylation is 1. The highest BCUT2D eigenvalue weighted by atomic mass is 35.5. The van der Waals surface area contributed by atoms with Gasteiger partial charge >= 0.3 is 0 Å². The standard InChI is InChI=1S/C29H23Cl2N5O3/c1-17-7-9-33-26(10-17)35-28(38)22-6-5-18(11-23(22)31)16-36-24(14-21-4-2-3-8-32-21)25(37)13-19-12-20(30)15-34-27(19)29(36)39/h2-12,15,24H,13-14,16H2,1H3,(H,33,35,38)/t24-/m1/s1. The topological polar surface area (TPSA) is 105 Å². The number of nitrogens with one attached hydrogen (secondary N) is 1. The molecule has 1 atom stereocenters. The lowest BCUT2D eigenvalue weighted by molar-refractivity contribution is -0.122. The van der Waals surface area contributed by atoms with Gasteiger partial charge < -0.3 is 10.2 Å². The number of fused-ring (bicyclic) bond motifs is 1. The van der Waals surface area contributed by atoms with Crippen LogP contribution in [-0.4, -0.2) is 43.5 Å². The van der Waals surface area contributed by atoms with E-state index in [0.29, 0.717) is 27.7 Å². The maximum atomic E-state index is 13.7. The summed E-state index contributed by atoms with van der Waals surface area (Å²) in [4.78, 5) is 54.3. The minimum Gasteiger partial charge on any atom is -0.323 e. The molecule has 0 fully saturated rings. The van der Waals surface area contributed by atoms with E-state index in [4.69, 9.17) is 23.2 Å². The smallest absolute Gasteiger partial charge is 0.273 e. The molecule has 1 aliphatic rings. The molecule has 196 valence electrons. The zero-order valence-electron chi connectivity index (χ0n) is 20.9. The van der Waals surface area contributed by atoms with Crippen LogP contribution in [0.2, 0.25) is 10.0 Å². The van der Waals surface area contributed by atoms with E-state index in [-0.39, 0.29) is 41.4 Å². The lowest BCUT2D eigenvalue weighted by atomic mass is 10.00. The average molecular weight is 560 g/mol. The van der Waals surface area contributed by atoms with Crippen LogP contribution in [0.1, 0.15) is 43.2 Å². The van der Waals surface area contributed by atoms with Crippen molar-refractivity contribution in [3.8, 4) is 0 Å². The SMILES string of the molecule is Cc1ccnc(NC(=O)c2ccc(CN3C(=O)c4ncc(Cl)cc4CC(=O)[C@H]3Cc3ccccn3)cc2Cl)c1. The van der Waals surface area contributed by atoms with Crippen LogP contribution in [0.15, 0.2) is 73.2 Å². The fraction of sp³-hybridized carbons (Fsp3) is 0.172. The second-order valence-electron chi connectivity index (χ2n) is 9.27. The first kappa shape index (κ1) is 26.5. The number of amides is 2. The summed E-state index contributed by atoms with van der Waals surface area (Å²) in [6.45, 7) is 1.98. The number of carbonyl (C=O) groups excluding carboxylic acids is 3. The highest BCUT2D eigenvalue weighted by Crippen LogP contribution is 2.27. The zero-order valence-corrected chi connectivity index (χ0v) is 22.4. The molecule has 0 aliphatic carbocycles. The van der Waals surface area contributed by atoms with E-state index in [9.17, 15) is 14.4 Å². The number of rotatable bonds is 6. The Kier molecular flexibility index (Phi) is 7.67. The predicted octanol–water partition coefficient (Wildman–Crippen LogP) is 5.12. The van der Waals surface area contributed by atoms with Gasteiger partial charge in [-0.3, -0.25) is 19.4 Å². The molecule has 4 aromatic rings. The number of hydrogen-bond acceptors (Lipinski definition) is 6. The van der Waals surface area contributed by atoms with Crippen LogP contribution in [0.25, 0.3) is 0 Å². The summed E-state index contributed by atoms with van der Waals surface area (Å²) in [5.74, 6) is -0.535. The Hall–Kier alpha value is -4.14. The van der Waals surface area contributed by atoms with Crippen molar-refractivity contribution in [2.75, 3.05) is 5.32 Å². The fourth-order valence-electron chi connectivity index (χ4n) is 4.51. The van der Waals surface area contributed by atoms with Crippen molar-refractivity contribution >= 4 is 46.6 Å². The van der Waals surface area contributed by atoms with Crippen LogP contribution in [0, 0.1) is 6.92 Å². The van der Waals surface area contributed by atoms with Gasteiger partial charge in [0, 0.05) is 43.7 Å². The number of ketones is 1. The minimum atomic E-state index is -0.783. The highest BCUT2D eigenvalue weighted by molar-refractivity contribution is 6.34. The second kappa shape index (κ2) is 11.3. The normalized spacial score (nSPS) is 15.1. The summed E-state index contributed by atoms with van der Waals surface area (Å²) < 4.78 is 0. The van der Waals surface area contributed by atoms with Gasteiger partial charge in [-0.05, 0) is 66.1 Å². The lowest BCUT2D eigenvalue weighted by Crippen LogP contribution is -2.45. The molecular formula is C29H23Cl2N5O3. The van der Waals surface area contributed by atoms with E-state index in [1.165, 1.54) is 11.1 Å². The molecule has 4 heterocycles. The van der Waals surface area contributed by atoms with Gasteiger partial charge in [-0.1, -0.05) is 35.3 Å². The number of hydrogen-bond donors (Lipinski definition) is 1. The number of Topliss-reactive ketones (excluding diaryl/α,β-unsaturated/α-hetero) is 1. The van der Waals surface area contributed by atoms with E-state index in [0.717, 1.165) is 5.56 Å². The number of carbonyl (C=O) groups is 3. The van der Waals surface area contributed by atoms with Crippen molar-refractivity contribution in [1.29, 1.82) is 0 Å². The first-order valence-electron chi connectivity index (χ1n) is 12.2. The van der Waals surface area contributed by atoms with Crippen molar-refractivity contribution in [2.45, 2.75) is 32.4 Å². The van der Waals surface area contributed by atoms with Gasteiger partial charge in [0.2, 0.25) is 0 Å². The quantitative estimate of drug-likeness (QED) is 0.351. The van der Waals surface area contributed by atoms with E-state index < -0.39 is 17.9 Å². The van der Waals surface area contributed by atoms with Crippen LogP contribution >= 0.6 is 23.2 Å². The summed E-state index contributed by atoms with van der Waals surface area (Å²) >= 11 is 12.6. The second-order valence-corrected chi connectivity index (χ2v) is 10.1. The molecule has 8 nitrogen and oxygen atoms in total. The highest BCUT2D eigenvalue weighted by Gasteiger charge is 2.36. The minimum absolute atomic E-state index is 0.0233. The van der Waals surface area contributed by atoms with Gasteiger partial charge in [-0.2, -0.15) is 0 Å². The van der Waals surface area contributed by atoms with Gasteiger partial charge in [-0.15, -0.1) is 0 Å². The Bertz CT molecular complexity index is 1580. The molecule has 2 amide bonds. The van der Waals surface area contributed by atoms with Gasteiger partial charge in [-0.25, -0.2) is 9.97 Å². The molecule has 0 spiro atoms. The molecule has 39 heavy (non-hydrogen) atoms. The first-order chi connectivity index (χ1) is 18.8. The summed E-state index contributed by atoms with van der Waals surface area (Å²) in [6, 6.07) is 14.8. The van der Waals surface area contributed by atoms with Crippen molar-refractivity contribution < 1.29 is 14.4 Å². The Labute approximate surface area is 235 Å².